The number of hydrogen-bond acceptors (Lipinski definition) is 2. The van der Waals surface area contributed by atoms with E-state index in [1.807, 2.05) is 0 Å². The normalized spacial score (nSPS) is 12.5. The van der Waals surface area contributed by atoms with Crippen LogP contribution in [0.3, 0.4) is 0 Å². The minimum absolute atomic E-state index is 0.0313. The Hall–Kier alpha value is -0.730. The number of halogens is 2. The van der Waals surface area contributed by atoms with Crippen LogP contribution < -0.4 is 0 Å². The first-order valence-corrected chi connectivity index (χ1v) is 4.50. The van der Waals surface area contributed by atoms with Gasteiger partial charge >= 0.3 is 0 Å². The summed E-state index contributed by atoms with van der Waals surface area (Å²) in [5.74, 6) is -0.213. The Morgan fingerprint density at radius 1 is 1.54 bits per heavy atom. The van der Waals surface area contributed by atoms with E-state index < -0.39 is 5.38 Å². The van der Waals surface area contributed by atoms with Crippen molar-refractivity contribution in [2.45, 2.75) is 12.3 Å². The minimum atomic E-state index is -0.609. The van der Waals surface area contributed by atoms with Crippen molar-refractivity contribution >= 4 is 29.0 Å². The van der Waals surface area contributed by atoms with Crippen LogP contribution in [0.15, 0.2) is 18.2 Å². The number of carbonyl (C=O) groups is 1. The lowest BCUT2D eigenvalue weighted by molar-refractivity contribution is 0.0992. The van der Waals surface area contributed by atoms with Gasteiger partial charge in [0.15, 0.2) is 5.78 Å². The van der Waals surface area contributed by atoms with Gasteiger partial charge in [-0.15, -0.1) is 11.6 Å². The van der Waals surface area contributed by atoms with Crippen LogP contribution in [0.2, 0.25) is 5.02 Å². The van der Waals surface area contributed by atoms with E-state index in [2.05, 4.69) is 0 Å². The van der Waals surface area contributed by atoms with Crippen molar-refractivity contribution in [2.75, 3.05) is 0 Å². The summed E-state index contributed by atoms with van der Waals surface area (Å²) in [6.45, 7) is 1.58. The number of benzene rings is 1. The monoisotopic (exact) mass is 218 g/mol. The molecule has 0 heterocycles. The number of phenolic OH excluding ortho intramolecular Hbond substituents is 1. The summed E-state index contributed by atoms with van der Waals surface area (Å²) in [7, 11) is 0. The molecule has 0 bridgehead atoms. The second-order valence-electron chi connectivity index (χ2n) is 2.64. The quantitative estimate of drug-likeness (QED) is 0.613. The topological polar surface area (TPSA) is 37.3 Å². The van der Waals surface area contributed by atoms with Crippen molar-refractivity contribution in [1.82, 2.24) is 0 Å². The largest absolute Gasteiger partial charge is 0.508 e. The molecule has 70 valence electrons. The first kappa shape index (κ1) is 10.4. The summed E-state index contributed by atoms with van der Waals surface area (Å²) in [4.78, 5) is 11.4. The van der Waals surface area contributed by atoms with E-state index in [1.54, 1.807) is 6.92 Å². The van der Waals surface area contributed by atoms with E-state index in [0.717, 1.165) is 0 Å². The summed E-state index contributed by atoms with van der Waals surface area (Å²) >= 11 is 11.3. The third kappa shape index (κ3) is 2.36. The van der Waals surface area contributed by atoms with Crippen LogP contribution >= 0.6 is 23.2 Å². The maximum Gasteiger partial charge on any atom is 0.181 e. The van der Waals surface area contributed by atoms with Gasteiger partial charge in [0.2, 0.25) is 0 Å². The van der Waals surface area contributed by atoms with Gasteiger partial charge in [0.25, 0.3) is 0 Å². The number of ketones is 1. The molecule has 4 heteroatoms. The molecule has 1 rings (SSSR count). The molecule has 0 amide bonds. The predicted octanol–water partition coefficient (Wildman–Crippen LogP) is 2.86. The highest BCUT2D eigenvalue weighted by molar-refractivity contribution is 6.38. The van der Waals surface area contributed by atoms with Gasteiger partial charge in [0.05, 0.1) is 10.4 Å². The zero-order valence-electron chi connectivity index (χ0n) is 6.92. The van der Waals surface area contributed by atoms with Crippen molar-refractivity contribution in [2.24, 2.45) is 0 Å². The first-order chi connectivity index (χ1) is 6.02. The van der Waals surface area contributed by atoms with Crippen LogP contribution in [0, 0.1) is 0 Å². The number of alkyl halides is 1. The van der Waals surface area contributed by atoms with Gasteiger partial charge < -0.3 is 5.11 Å². The SMILES string of the molecule is CC(Cl)C(=O)c1ccc(O)cc1Cl. The highest BCUT2D eigenvalue weighted by atomic mass is 35.5. The summed E-state index contributed by atoms with van der Waals surface area (Å²) in [5.41, 5.74) is 0.335. The number of phenols is 1. The van der Waals surface area contributed by atoms with Gasteiger partial charge in [0.1, 0.15) is 5.75 Å². The van der Waals surface area contributed by atoms with Crippen LogP contribution in [0.4, 0.5) is 0 Å². The molecule has 0 aliphatic carbocycles. The fraction of sp³-hybridized carbons (Fsp3) is 0.222. The molecule has 2 nitrogen and oxygen atoms in total. The van der Waals surface area contributed by atoms with Crippen LogP contribution in [0.25, 0.3) is 0 Å². The molecule has 1 aromatic carbocycles. The molecule has 0 spiro atoms. The molecule has 0 aliphatic heterocycles. The highest BCUT2D eigenvalue weighted by Crippen LogP contribution is 2.23. The Bertz CT molecular complexity index is 334. The Morgan fingerprint density at radius 2 is 2.15 bits per heavy atom. The number of aromatic hydroxyl groups is 1. The first-order valence-electron chi connectivity index (χ1n) is 3.69. The summed E-state index contributed by atoms with van der Waals surface area (Å²) in [6, 6.07) is 4.17. The van der Waals surface area contributed by atoms with Crippen molar-refractivity contribution in [1.29, 1.82) is 0 Å². The van der Waals surface area contributed by atoms with E-state index in [9.17, 15) is 4.79 Å². The average Bonchev–Trinajstić information content (AvgIpc) is 2.03. The lowest BCUT2D eigenvalue weighted by Crippen LogP contribution is -2.10. The molecular formula is C9H8Cl2O2. The van der Waals surface area contributed by atoms with Gasteiger partial charge in [0, 0.05) is 5.56 Å². The van der Waals surface area contributed by atoms with Crippen molar-refractivity contribution < 1.29 is 9.90 Å². The zero-order valence-corrected chi connectivity index (χ0v) is 8.43. The molecule has 0 radical (unpaired) electrons. The van der Waals surface area contributed by atoms with E-state index in [1.165, 1.54) is 18.2 Å². The smallest absolute Gasteiger partial charge is 0.181 e. The van der Waals surface area contributed by atoms with Crippen molar-refractivity contribution in [3.05, 3.63) is 28.8 Å². The van der Waals surface area contributed by atoms with Crippen LogP contribution in [-0.4, -0.2) is 16.3 Å². The molecule has 0 saturated carbocycles. The molecule has 1 unspecified atom stereocenters. The Labute approximate surface area is 86.1 Å². The fourth-order valence-electron chi connectivity index (χ4n) is 0.918. The minimum Gasteiger partial charge on any atom is -0.508 e. The van der Waals surface area contributed by atoms with Crippen molar-refractivity contribution in [3.8, 4) is 5.75 Å². The molecule has 1 N–H and O–H groups in total. The number of carbonyl (C=O) groups excluding carboxylic acids is 1. The maximum absolute atomic E-state index is 11.4. The Balaban J connectivity index is 3.09. The summed E-state index contributed by atoms with van der Waals surface area (Å²) in [5, 5.41) is 8.64. The second kappa shape index (κ2) is 3.99. The zero-order chi connectivity index (χ0) is 10.0. The van der Waals surface area contributed by atoms with Gasteiger partial charge in [-0.1, -0.05) is 11.6 Å². The summed E-state index contributed by atoms with van der Waals surface area (Å²) in [6.07, 6.45) is 0. The molecule has 0 saturated heterocycles. The lowest BCUT2D eigenvalue weighted by Gasteiger charge is -2.04. The standard InChI is InChI=1S/C9H8Cl2O2/c1-5(10)9(13)7-3-2-6(12)4-8(7)11/h2-5,12H,1H3. The molecule has 0 aliphatic rings. The summed E-state index contributed by atoms with van der Waals surface area (Å²) < 4.78 is 0. The van der Waals surface area contributed by atoms with Crippen LogP contribution in [0.1, 0.15) is 17.3 Å². The predicted molar refractivity (Wildman–Crippen MR) is 52.8 cm³/mol. The number of hydrogen-bond donors (Lipinski definition) is 1. The van der Waals surface area contributed by atoms with E-state index in [4.69, 9.17) is 28.3 Å². The second-order valence-corrected chi connectivity index (χ2v) is 3.71. The van der Waals surface area contributed by atoms with Crippen LogP contribution in [0.5, 0.6) is 5.75 Å². The third-order valence-electron chi connectivity index (χ3n) is 1.58. The van der Waals surface area contributed by atoms with Gasteiger partial charge in [-0.25, -0.2) is 0 Å². The molecule has 0 fully saturated rings. The van der Waals surface area contributed by atoms with Crippen LogP contribution in [-0.2, 0) is 0 Å². The van der Waals surface area contributed by atoms with Gasteiger partial charge in [-0.3, -0.25) is 4.79 Å². The molecule has 1 aromatic rings. The van der Waals surface area contributed by atoms with Gasteiger partial charge in [-0.05, 0) is 25.1 Å². The van der Waals surface area contributed by atoms with Crippen molar-refractivity contribution in [3.63, 3.8) is 0 Å². The lowest BCUT2D eigenvalue weighted by atomic mass is 10.1. The Morgan fingerprint density at radius 3 is 2.62 bits per heavy atom. The number of rotatable bonds is 2. The Kier molecular flexibility index (Phi) is 3.17. The third-order valence-corrected chi connectivity index (χ3v) is 2.09. The van der Waals surface area contributed by atoms with E-state index >= 15 is 0 Å². The van der Waals surface area contributed by atoms with Gasteiger partial charge in [-0.2, -0.15) is 0 Å². The fourth-order valence-corrected chi connectivity index (χ4v) is 1.30. The number of Topliss-reactive ketones (excluding diaryl/α,β-unsaturated/α-hetero) is 1. The van der Waals surface area contributed by atoms with E-state index in [-0.39, 0.29) is 16.6 Å². The molecular weight excluding hydrogens is 211 g/mol. The highest BCUT2D eigenvalue weighted by Gasteiger charge is 2.15. The average molecular weight is 219 g/mol. The molecule has 0 aromatic heterocycles. The van der Waals surface area contributed by atoms with E-state index in [0.29, 0.717) is 5.56 Å². The molecule has 13 heavy (non-hydrogen) atoms. The molecule has 1 atom stereocenters. The maximum atomic E-state index is 11.4.